The number of primary amides is 1. The number of carbonyl (C=O) groups is 3. The van der Waals surface area contributed by atoms with Crippen molar-refractivity contribution in [2.75, 3.05) is 0 Å². The van der Waals surface area contributed by atoms with Crippen molar-refractivity contribution in [3.05, 3.63) is 64.2 Å². The van der Waals surface area contributed by atoms with Crippen LogP contribution in [-0.4, -0.2) is 39.2 Å². The molecule has 0 saturated heterocycles. The van der Waals surface area contributed by atoms with E-state index < -0.39 is 30.1 Å². The highest BCUT2D eigenvalue weighted by Crippen LogP contribution is 2.24. The van der Waals surface area contributed by atoms with Crippen molar-refractivity contribution >= 4 is 39.4 Å². The van der Waals surface area contributed by atoms with Crippen LogP contribution in [0.4, 0.5) is 13.2 Å². The number of nitrogens with zero attached hydrogens (tertiary/aromatic N) is 1. The van der Waals surface area contributed by atoms with Gasteiger partial charge in [-0.05, 0) is 42.7 Å². The lowest BCUT2D eigenvalue weighted by Crippen LogP contribution is -2.21. The molecule has 0 saturated carbocycles. The van der Waals surface area contributed by atoms with Crippen LogP contribution in [0.25, 0.3) is 10.2 Å². The minimum Gasteiger partial charge on any atom is -0.480 e. The van der Waals surface area contributed by atoms with Gasteiger partial charge in [0.1, 0.15) is 6.04 Å². The first kappa shape index (κ1) is 26.5. The predicted octanol–water partition coefficient (Wildman–Crippen LogP) is 3.42. The molecule has 0 aliphatic heterocycles. The first-order chi connectivity index (χ1) is 14.7. The van der Waals surface area contributed by atoms with Crippen LogP contribution in [0.15, 0.2) is 42.5 Å². The molecule has 0 radical (unpaired) electrons. The summed E-state index contributed by atoms with van der Waals surface area (Å²) in [5.74, 6) is -4.22. The van der Waals surface area contributed by atoms with Gasteiger partial charge in [-0.3, -0.25) is 9.59 Å². The van der Waals surface area contributed by atoms with E-state index in [2.05, 4.69) is 4.98 Å². The third-order valence-corrected chi connectivity index (χ3v) is 4.91. The molecule has 12 heteroatoms. The molecule has 2 aromatic carbocycles. The molecule has 1 aromatic heterocycles. The summed E-state index contributed by atoms with van der Waals surface area (Å²) in [5.41, 5.74) is 14.4. The fourth-order valence-corrected chi connectivity index (χ4v) is 2.99. The molecule has 0 spiro atoms. The van der Waals surface area contributed by atoms with Crippen molar-refractivity contribution in [3.8, 4) is 0 Å². The van der Waals surface area contributed by atoms with Crippen LogP contribution in [0.2, 0.25) is 0 Å². The SMILES string of the molecule is Cc1cc2nc(C(N)=O)sc2cc1C.N[C@H](C(=O)O)c1ccccc1.O=C(O)C(F)(F)F. The smallest absolute Gasteiger partial charge is 0.480 e. The van der Waals surface area contributed by atoms with Crippen LogP contribution < -0.4 is 11.5 Å². The van der Waals surface area contributed by atoms with Crippen molar-refractivity contribution in [1.82, 2.24) is 4.98 Å². The van der Waals surface area contributed by atoms with Crippen LogP contribution in [0, 0.1) is 13.8 Å². The summed E-state index contributed by atoms with van der Waals surface area (Å²) in [6.45, 7) is 4.07. The van der Waals surface area contributed by atoms with Crippen molar-refractivity contribution < 1.29 is 37.8 Å². The zero-order valence-electron chi connectivity index (χ0n) is 16.9. The topological polar surface area (TPSA) is 157 Å². The molecule has 32 heavy (non-hydrogen) atoms. The molecule has 3 rings (SSSR count). The minimum atomic E-state index is -5.08. The number of aryl methyl sites for hydroxylation is 2. The number of nitrogens with two attached hydrogens (primary N) is 2. The third kappa shape index (κ3) is 7.96. The Balaban J connectivity index is 0.000000256. The Hall–Kier alpha value is -3.51. The number of amides is 1. The average Bonchev–Trinajstić information content (AvgIpc) is 3.11. The Labute approximate surface area is 184 Å². The third-order valence-electron chi connectivity index (χ3n) is 3.88. The number of thiazole rings is 1. The molecule has 1 heterocycles. The van der Waals surface area contributed by atoms with Gasteiger partial charge in [-0.2, -0.15) is 13.2 Å². The number of aliphatic carboxylic acids is 2. The Morgan fingerprint density at radius 3 is 1.97 bits per heavy atom. The Bertz CT molecular complexity index is 1060. The number of alkyl halides is 3. The van der Waals surface area contributed by atoms with E-state index in [9.17, 15) is 22.8 Å². The van der Waals surface area contributed by atoms with Crippen molar-refractivity contribution in [2.24, 2.45) is 11.5 Å². The van der Waals surface area contributed by atoms with Crippen LogP contribution in [0.5, 0.6) is 0 Å². The van der Waals surface area contributed by atoms with Gasteiger partial charge < -0.3 is 21.7 Å². The van der Waals surface area contributed by atoms with E-state index in [0.717, 1.165) is 10.2 Å². The molecular weight excluding hydrogens is 451 g/mol. The molecular formula is C20H20F3N3O5S. The number of carboxylic acids is 2. The molecule has 0 aliphatic rings. The molecule has 3 aromatic rings. The van der Waals surface area contributed by atoms with Crippen LogP contribution in [-0.2, 0) is 9.59 Å². The Morgan fingerprint density at radius 1 is 1.03 bits per heavy atom. The normalized spacial score (nSPS) is 11.4. The van der Waals surface area contributed by atoms with Gasteiger partial charge >= 0.3 is 18.1 Å². The largest absolute Gasteiger partial charge is 0.490 e. The van der Waals surface area contributed by atoms with Crippen molar-refractivity contribution in [2.45, 2.75) is 26.1 Å². The minimum absolute atomic E-state index is 0.380. The summed E-state index contributed by atoms with van der Waals surface area (Å²) in [5, 5.41) is 16.0. The zero-order chi connectivity index (χ0) is 24.6. The molecule has 172 valence electrons. The summed E-state index contributed by atoms with van der Waals surface area (Å²) in [4.78, 5) is 34.3. The van der Waals surface area contributed by atoms with Gasteiger partial charge in [0.05, 0.1) is 10.2 Å². The number of fused-ring (bicyclic) bond motifs is 1. The lowest BCUT2D eigenvalue weighted by Gasteiger charge is -2.04. The fourth-order valence-electron chi connectivity index (χ4n) is 2.09. The molecule has 0 fully saturated rings. The van der Waals surface area contributed by atoms with E-state index in [1.54, 1.807) is 24.3 Å². The number of aromatic nitrogens is 1. The second-order valence-electron chi connectivity index (χ2n) is 6.32. The Morgan fingerprint density at radius 2 is 1.53 bits per heavy atom. The van der Waals surface area contributed by atoms with Gasteiger partial charge in [-0.1, -0.05) is 30.3 Å². The second kappa shape index (κ2) is 11.2. The van der Waals surface area contributed by atoms with E-state index in [-0.39, 0.29) is 0 Å². The summed E-state index contributed by atoms with van der Waals surface area (Å²) >= 11 is 1.34. The van der Waals surface area contributed by atoms with E-state index in [1.165, 1.54) is 22.5 Å². The monoisotopic (exact) mass is 471 g/mol. The lowest BCUT2D eigenvalue weighted by molar-refractivity contribution is -0.192. The highest BCUT2D eigenvalue weighted by molar-refractivity contribution is 7.20. The molecule has 0 unspecified atom stereocenters. The van der Waals surface area contributed by atoms with Gasteiger partial charge in [0.25, 0.3) is 5.91 Å². The van der Waals surface area contributed by atoms with E-state index in [4.69, 9.17) is 26.5 Å². The molecule has 0 bridgehead atoms. The van der Waals surface area contributed by atoms with Gasteiger partial charge in [-0.15, -0.1) is 11.3 Å². The number of carbonyl (C=O) groups excluding carboxylic acids is 1. The number of halogens is 3. The average molecular weight is 471 g/mol. The summed E-state index contributed by atoms with van der Waals surface area (Å²) in [6.07, 6.45) is -5.08. The maximum Gasteiger partial charge on any atom is 0.490 e. The molecule has 0 aliphatic carbocycles. The molecule has 1 amide bonds. The quantitative estimate of drug-likeness (QED) is 0.456. The fraction of sp³-hybridized carbons (Fsp3) is 0.200. The van der Waals surface area contributed by atoms with Gasteiger partial charge in [-0.25, -0.2) is 9.78 Å². The summed E-state index contributed by atoms with van der Waals surface area (Å²) < 4.78 is 32.8. The van der Waals surface area contributed by atoms with Crippen LogP contribution in [0.3, 0.4) is 0 Å². The van der Waals surface area contributed by atoms with E-state index >= 15 is 0 Å². The maximum atomic E-state index is 10.9. The highest BCUT2D eigenvalue weighted by Gasteiger charge is 2.38. The molecule has 8 nitrogen and oxygen atoms in total. The van der Waals surface area contributed by atoms with Gasteiger partial charge in [0, 0.05) is 0 Å². The number of hydrogen-bond donors (Lipinski definition) is 4. The second-order valence-corrected chi connectivity index (χ2v) is 7.35. The summed E-state index contributed by atoms with van der Waals surface area (Å²) in [7, 11) is 0. The number of hydrogen-bond acceptors (Lipinski definition) is 6. The molecule has 1 atom stereocenters. The number of carboxylic acid groups (broad SMARTS) is 2. The standard InChI is InChI=1S/C10H10N2OS.C8H9NO2.C2HF3O2/c1-5-3-7-8(4-6(5)2)14-10(12-7)9(11)13;9-7(8(10)11)6-4-2-1-3-5-6;3-2(4,5)1(6)7/h3-4H,1-2H3,(H2,11,13);1-5,7H,9H2,(H,10,11);(H,6,7)/t;7-;/m.0./s1. The number of benzene rings is 2. The zero-order valence-corrected chi connectivity index (χ0v) is 17.7. The molecule has 6 N–H and O–H groups in total. The maximum absolute atomic E-state index is 10.9. The van der Waals surface area contributed by atoms with Crippen molar-refractivity contribution in [1.29, 1.82) is 0 Å². The van der Waals surface area contributed by atoms with Crippen molar-refractivity contribution in [3.63, 3.8) is 0 Å². The predicted molar refractivity (Wildman–Crippen MR) is 112 cm³/mol. The first-order valence-electron chi connectivity index (χ1n) is 8.75. The van der Waals surface area contributed by atoms with Gasteiger partial charge in [0.15, 0.2) is 5.01 Å². The van der Waals surface area contributed by atoms with E-state index in [0.29, 0.717) is 10.6 Å². The highest BCUT2D eigenvalue weighted by atomic mass is 32.1. The van der Waals surface area contributed by atoms with Crippen LogP contribution >= 0.6 is 11.3 Å². The Kier molecular flexibility index (Phi) is 9.29. The van der Waals surface area contributed by atoms with Crippen LogP contribution in [0.1, 0.15) is 32.5 Å². The lowest BCUT2D eigenvalue weighted by atomic mass is 10.1. The van der Waals surface area contributed by atoms with E-state index in [1.807, 2.05) is 32.0 Å². The summed E-state index contributed by atoms with van der Waals surface area (Å²) in [6, 6.07) is 11.8. The number of rotatable bonds is 3. The van der Waals surface area contributed by atoms with Gasteiger partial charge in [0.2, 0.25) is 0 Å². The first-order valence-corrected chi connectivity index (χ1v) is 9.56.